The molecule has 0 aliphatic rings. The van der Waals surface area contributed by atoms with Gasteiger partial charge in [0.2, 0.25) is 0 Å². The Labute approximate surface area is 312 Å². The molecule has 0 fully saturated rings. The van der Waals surface area contributed by atoms with Crippen LogP contribution in [-0.4, -0.2) is 15.0 Å². The number of hydrogen-bond acceptors (Lipinski definition) is 4. The van der Waals surface area contributed by atoms with Crippen molar-refractivity contribution in [2.24, 2.45) is 0 Å². The fraction of sp³-hybridized carbons (Fsp3) is 0. The van der Waals surface area contributed by atoms with Crippen molar-refractivity contribution in [1.82, 2.24) is 15.0 Å². The highest BCUT2D eigenvalue weighted by molar-refractivity contribution is 6.13. The Bertz CT molecular complexity index is 3140. The number of furan rings is 1. The minimum Gasteiger partial charge on any atom is -0.456 e. The first-order valence-corrected chi connectivity index (χ1v) is 17.4. The summed E-state index contributed by atoms with van der Waals surface area (Å²) in [5.74, 6) is 1.57. The van der Waals surface area contributed by atoms with Crippen LogP contribution in [-0.2, 0) is 0 Å². The molecular weight excluding hydrogens is 647 g/mol. The lowest BCUT2D eigenvalue weighted by molar-refractivity contribution is 0.669. The molecule has 0 atom stereocenters. The highest BCUT2D eigenvalue weighted by atomic mass is 16.3. The van der Waals surface area contributed by atoms with Gasteiger partial charge in [-0.05, 0) is 68.4 Å². The van der Waals surface area contributed by atoms with E-state index in [0.29, 0.717) is 45.2 Å². The molecule has 10 aromatic rings. The molecule has 0 aliphatic carbocycles. The Morgan fingerprint density at radius 1 is 0.358 bits per heavy atom. The van der Waals surface area contributed by atoms with Crippen LogP contribution in [0.3, 0.4) is 0 Å². The summed E-state index contributed by atoms with van der Waals surface area (Å²) < 4.78 is 43.1. The summed E-state index contributed by atoms with van der Waals surface area (Å²) in [6.45, 7) is 0. The molecule has 0 spiro atoms. The Balaban J connectivity index is 1.08. The average molecular weight is 682 g/mol. The van der Waals surface area contributed by atoms with Gasteiger partial charge in [0.05, 0.1) is 5.48 Å². The molecule has 0 N–H and O–H groups in total. The van der Waals surface area contributed by atoms with Crippen molar-refractivity contribution in [3.8, 4) is 67.5 Å². The first kappa shape index (κ1) is 26.6. The molecule has 53 heavy (non-hydrogen) atoms. The lowest BCUT2D eigenvalue weighted by atomic mass is 9.96. The predicted molar refractivity (Wildman–Crippen MR) is 217 cm³/mol. The summed E-state index contributed by atoms with van der Waals surface area (Å²) in [6, 6.07) is 52.8. The molecule has 2 aromatic heterocycles. The van der Waals surface area contributed by atoms with E-state index in [1.807, 2.05) is 140 Å². The van der Waals surface area contributed by atoms with Gasteiger partial charge in [0.1, 0.15) is 11.2 Å². The van der Waals surface area contributed by atoms with Gasteiger partial charge in [-0.1, -0.05) is 164 Å². The van der Waals surface area contributed by atoms with E-state index in [4.69, 9.17) is 22.1 Å². The molecule has 4 heteroatoms. The maximum absolute atomic E-state index is 9.20. The molecule has 0 saturated carbocycles. The molecule has 4 nitrogen and oxygen atoms in total. The lowest BCUT2D eigenvalue weighted by Crippen LogP contribution is -2.00. The average Bonchev–Trinajstić information content (AvgIpc) is 3.65. The molecule has 0 aliphatic heterocycles. The molecule has 248 valence electrons. The Morgan fingerprint density at radius 3 is 1.64 bits per heavy atom. The highest BCUT2D eigenvalue weighted by Gasteiger charge is 2.17. The van der Waals surface area contributed by atoms with E-state index in [0.717, 1.165) is 44.0 Å². The lowest BCUT2D eigenvalue weighted by Gasteiger charge is -2.09. The van der Waals surface area contributed by atoms with Crippen LogP contribution < -0.4 is 0 Å². The van der Waals surface area contributed by atoms with Crippen molar-refractivity contribution < 1.29 is 9.90 Å². The van der Waals surface area contributed by atoms with Gasteiger partial charge in [0.15, 0.2) is 17.5 Å². The number of fused-ring (bicyclic) bond motifs is 4. The van der Waals surface area contributed by atoms with Gasteiger partial charge in [-0.3, -0.25) is 0 Å². The zero-order chi connectivity index (χ0) is 38.6. The van der Waals surface area contributed by atoms with E-state index in [9.17, 15) is 2.74 Å². The summed E-state index contributed by atoms with van der Waals surface area (Å²) in [5, 5.41) is 3.48. The SMILES string of the molecule is [2H]c1c([2H])c(-c2cccc3oc4cc(-c5nc(-c6ccccc6)nc(-c6ccc(-c7ccccc7)cc6)n5)ccc4c23)c([2H])c([2H])c1-c1ccc2ccccc2c1. The maximum atomic E-state index is 9.20. The van der Waals surface area contributed by atoms with Crippen LogP contribution in [0.25, 0.3) is 100 Å². The Kier molecular flexibility index (Phi) is 6.46. The smallest absolute Gasteiger partial charge is 0.164 e. The summed E-state index contributed by atoms with van der Waals surface area (Å²) in [4.78, 5) is 14.8. The van der Waals surface area contributed by atoms with E-state index in [-0.39, 0.29) is 35.3 Å². The number of benzene rings is 8. The second kappa shape index (κ2) is 12.9. The van der Waals surface area contributed by atoms with Crippen LogP contribution in [0.1, 0.15) is 5.48 Å². The summed E-state index contributed by atoms with van der Waals surface area (Å²) in [5.41, 5.74) is 7.51. The number of nitrogens with zero attached hydrogens (tertiary/aromatic N) is 3. The molecular formula is C49H31N3O. The molecule has 0 radical (unpaired) electrons. The quantitative estimate of drug-likeness (QED) is 0.175. The minimum atomic E-state index is -0.111. The van der Waals surface area contributed by atoms with Gasteiger partial charge in [-0.15, -0.1) is 0 Å². The first-order valence-electron chi connectivity index (χ1n) is 19.4. The van der Waals surface area contributed by atoms with Crippen LogP contribution in [0.2, 0.25) is 0 Å². The zero-order valence-corrected chi connectivity index (χ0v) is 28.3. The van der Waals surface area contributed by atoms with Gasteiger partial charge in [0.25, 0.3) is 0 Å². The van der Waals surface area contributed by atoms with Crippen molar-refractivity contribution in [2.45, 2.75) is 0 Å². The molecule has 2 heterocycles. The number of aromatic nitrogens is 3. The van der Waals surface area contributed by atoms with Crippen LogP contribution in [0, 0.1) is 0 Å². The molecule has 0 amide bonds. The van der Waals surface area contributed by atoms with E-state index in [2.05, 4.69) is 24.3 Å². The van der Waals surface area contributed by atoms with E-state index >= 15 is 0 Å². The molecule has 0 bridgehead atoms. The van der Waals surface area contributed by atoms with Gasteiger partial charge in [0, 0.05) is 27.5 Å². The van der Waals surface area contributed by atoms with Crippen molar-refractivity contribution in [2.75, 3.05) is 0 Å². The maximum Gasteiger partial charge on any atom is 0.164 e. The van der Waals surface area contributed by atoms with Crippen molar-refractivity contribution in [1.29, 1.82) is 0 Å². The fourth-order valence-electron chi connectivity index (χ4n) is 6.90. The second-order valence-corrected chi connectivity index (χ2v) is 12.9. The third-order valence-corrected chi connectivity index (χ3v) is 9.61. The summed E-state index contributed by atoms with van der Waals surface area (Å²) in [6.07, 6.45) is 0. The number of rotatable bonds is 6. The fourth-order valence-corrected chi connectivity index (χ4v) is 6.90. The third-order valence-electron chi connectivity index (χ3n) is 9.61. The minimum absolute atomic E-state index is 0.0945. The van der Waals surface area contributed by atoms with Crippen LogP contribution in [0.5, 0.6) is 0 Å². The van der Waals surface area contributed by atoms with Gasteiger partial charge >= 0.3 is 0 Å². The molecule has 0 saturated heterocycles. The number of hydrogen-bond donors (Lipinski definition) is 0. The van der Waals surface area contributed by atoms with E-state index < -0.39 is 0 Å². The zero-order valence-electron chi connectivity index (χ0n) is 32.3. The largest absolute Gasteiger partial charge is 0.456 e. The Hall–Kier alpha value is -7.17. The van der Waals surface area contributed by atoms with Gasteiger partial charge in [-0.25, -0.2) is 15.0 Å². The predicted octanol–water partition coefficient (Wildman–Crippen LogP) is 12.9. The van der Waals surface area contributed by atoms with Crippen LogP contribution in [0.15, 0.2) is 192 Å². The van der Waals surface area contributed by atoms with Crippen molar-refractivity contribution in [3.63, 3.8) is 0 Å². The molecule has 10 rings (SSSR count). The second-order valence-electron chi connectivity index (χ2n) is 12.9. The van der Waals surface area contributed by atoms with Crippen LogP contribution in [0.4, 0.5) is 0 Å². The highest BCUT2D eigenvalue weighted by Crippen LogP contribution is 2.39. The summed E-state index contributed by atoms with van der Waals surface area (Å²) in [7, 11) is 0. The van der Waals surface area contributed by atoms with Gasteiger partial charge < -0.3 is 4.42 Å². The monoisotopic (exact) mass is 681 g/mol. The van der Waals surface area contributed by atoms with Gasteiger partial charge in [-0.2, -0.15) is 0 Å². The first-order chi connectivity index (χ1) is 27.9. The van der Waals surface area contributed by atoms with E-state index in [1.54, 1.807) is 0 Å². The van der Waals surface area contributed by atoms with E-state index in [1.165, 1.54) is 0 Å². The Morgan fingerprint density at radius 2 is 0.906 bits per heavy atom. The molecule has 8 aromatic carbocycles. The normalized spacial score (nSPS) is 12.5. The van der Waals surface area contributed by atoms with Crippen molar-refractivity contribution >= 4 is 32.7 Å². The summed E-state index contributed by atoms with van der Waals surface area (Å²) >= 11 is 0. The van der Waals surface area contributed by atoms with Crippen molar-refractivity contribution in [3.05, 3.63) is 188 Å². The third kappa shape index (κ3) is 5.73. The van der Waals surface area contributed by atoms with Crippen LogP contribution >= 0.6 is 0 Å². The topological polar surface area (TPSA) is 51.8 Å². The molecule has 0 unspecified atom stereocenters. The standard InChI is InChI=1S/C49H31N3O/c1-3-10-32(11-4-1)34-20-25-38(26-21-34)48-50-47(37-13-5-2-6-14-37)51-49(52-48)41-28-29-43-45(31-41)53-44-17-9-16-42(46(43)44)36-23-18-35(19-24-36)40-27-22-33-12-7-8-15-39(33)30-40/h1-31H/i18D,19D,23D,24D.